The number of dihydropyridines is 1. The van der Waals surface area contributed by atoms with E-state index in [4.69, 9.17) is 14.2 Å². The molecule has 35 heavy (non-hydrogen) atoms. The largest absolute Gasteiger partial charge is 0.463 e. The van der Waals surface area contributed by atoms with Gasteiger partial charge in [-0.3, -0.25) is 0 Å². The Morgan fingerprint density at radius 3 is 2.11 bits per heavy atom. The Morgan fingerprint density at radius 2 is 1.54 bits per heavy atom. The molecule has 0 spiro atoms. The average Bonchev–Trinajstić information content (AvgIpc) is 2.79. The SMILES string of the molecule is CCOC(=O)C1=C(C)NC(CN(C)C)=C(C(=O)OCC)C1c1ccccc1/C=C(\Br)C(=O)OCC. The number of nitrogens with zero attached hydrogens (tertiary/aromatic N) is 1. The first kappa shape index (κ1) is 28.3. The summed E-state index contributed by atoms with van der Waals surface area (Å²) in [5.74, 6) is -2.35. The van der Waals surface area contributed by atoms with E-state index in [1.165, 1.54) is 0 Å². The molecule has 1 unspecified atom stereocenters. The fraction of sp³-hybridized carbons (Fsp3) is 0.423. The first-order valence-corrected chi connectivity index (χ1v) is 12.3. The molecule has 9 heteroatoms. The number of carbonyl (C=O) groups excluding carboxylic acids is 3. The fourth-order valence-electron chi connectivity index (χ4n) is 3.88. The molecular weight excluding hydrogens is 516 g/mol. The van der Waals surface area contributed by atoms with Gasteiger partial charge in [-0.2, -0.15) is 0 Å². The molecule has 190 valence electrons. The zero-order valence-corrected chi connectivity index (χ0v) is 22.7. The lowest BCUT2D eigenvalue weighted by atomic mass is 9.78. The van der Waals surface area contributed by atoms with E-state index < -0.39 is 23.8 Å². The number of halogens is 1. The molecule has 2 rings (SSSR count). The van der Waals surface area contributed by atoms with Gasteiger partial charge >= 0.3 is 17.9 Å². The topological polar surface area (TPSA) is 94.2 Å². The lowest BCUT2D eigenvalue weighted by Gasteiger charge is -2.33. The number of benzene rings is 1. The second-order valence-electron chi connectivity index (χ2n) is 8.01. The van der Waals surface area contributed by atoms with Crippen molar-refractivity contribution in [2.45, 2.75) is 33.6 Å². The molecule has 0 aliphatic carbocycles. The van der Waals surface area contributed by atoms with Crippen LogP contribution >= 0.6 is 15.9 Å². The summed E-state index contributed by atoms with van der Waals surface area (Å²) in [5, 5.41) is 3.24. The number of allylic oxidation sites excluding steroid dienone is 1. The van der Waals surface area contributed by atoms with E-state index in [0.29, 0.717) is 40.2 Å². The van der Waals surface area contributed by atoms with Crippen LogP contribution in [0.5, 0.6) is 0 Å². The summed E-state index contributed by atoms with van der Waals surface area (Å²) < 4.78 is 16.1. The van der Waals surface area contributed by atoms with E-state index in [-0.39, 0.29) is 24.3 Å². The molecule has 0 saturated heterocycles. The highest BCUT2D eigenvalue weighted by molar-refractivity contribution is 9.12. The van der Waals surface area contributed by atoms with Crippen molar-refractivity contribution in [2.75, 3.05) is 40.5 Å². The second-order valence-corrected chi connectivity index (χ2v) is 8.86. The molecule has 1 aliphatic rings. The predicted octanol–water partition coefficient (Wildman–Crippen LogP) is 3.89. The number of likely N-dealkylation sites (N-methyl/N-ethyl adjacent to an activating group) is 1. The summed E-state index contributed by atoms with van der Waals surface area (Å²) in [7, 11) is 3.78. The van der Waals surface area contributed by atoms with Crippen molar-refractivity contribution >= 4 is 39.9 Å². The quantitative estimate of drug-likeness (QED) is 0.267. The van der Waals surface area contributed by atoms with Gasteiger partial charge < -0.3 is 24.4 Å². The van der Waals surface area contributed by atoms with Gasteiger partial charge in [0, 0.05) is 17.9 Å². The number of hydrogen-bond donors (Lipinski definition) is 1. The molecule has 0 radical (unpaired) electrons. The highest BCUT2D eigenvalue weighted by Crippen LogP contribution is 2.41. The molecule has 0 saturated carbocycles. The molecular formula is C26H33BrN2O6. The van der Waals surface area contributed by atoms with Gasteiger partial charge in [-0.05, 0) is 74.9 Å². The highest BCUT2D eigenvalue weighted by atomic mass is 79.9. The number of carbonyl (C=O) groups is 3. The maximum absolute atomic E-state index is 13.3. The Labute approximate surface area is 215 Å². The van der Waals surface area contributed by atoms with Gasteiger partial charge in [-0.1, -0.05) is 24.3 Å². The Bertz CT molecular complexity index is 1060. The first-order chi connectivity index (χ1) is 16.7. The number of rotatable bonds is 10. The third-order valence-electron chi connectivity index (χ3n) is 5.17. The van der Waals surface area contributed by atoms with Crippen LogP contribution in [-0.4, -0.2) is 63.3 Å². The summed E-state index contributed by atoms with van der Waals surface area (Å²) in [6, 6.07) is 7.27. The van der Waals surface area contributed by atoms with Gasteiger partial charge in [0.2, 0.25) is 0 Å². The van der Waals surface area contributed by atoms with Gasteiger partial charge in [0.1, 0.15) is 4.48 Å². The zero-order valence-electron chi connectivity index (χ0n) is 21.1. The Balaban J connectivity index is 2.83. The Hall–Kier alpha value is -2.91. The zero-order chi connectivity index (χ0) is 26.1. The van der Waals surface area contributed by atoms with Crippen molar-refractivity contribution < 1.29 is 28.6 Å². The summed E-state index contributed by atoms with van der Waals surface area (Å²) >= 11 is 3.29. The van der Waals surface area contributed by atoms with Gasteiger partial charge in [0.05, 0.1) is 36.9 Å². The second kappa shape index (κ2) is 13.3. The number of esters is 3. The molecule has 0 fully saturated rings. The van der Waals surface area contributed by atoms with Crippen molar-refractivity contribution in [1.82, 2.24) is 10.2 Å². The fourth-order valence-corrected chi connectivity index (χ4v) is 4.24. The molecule has 0 bridgehead atoms. The highest BCUT2D eigenvalue weighted by Gasteiger charge is 2.39. The van der Waals surface area contributed by atoms with E-state index in [0.717, 1.165) is 0 Å². The van der Waals surface area contributed by atoms with Crippen molar-refractivity contribution in [3.8, 4) is 0 Å². The third kappa shape index (κ3) is 7.05. The van der Waals surface area contributed by atoms with Crippen molar-refractivity contribution in [3.05, 3.63) is 62.4 Å². The lowest BCUT2D eigenvalue weighted by Crippen LogP contribution is -2.37. The van der Waals surface area contributed by atoms with Crippen LogP contribution in [0.4, 0.5) is 0 Å². The minimum Gasteiger partial charge on any atom is -0.463 e. The van der Waals surface area contributed by atoms with Gasteiger partial charge in [0.25, 0.3) is 0 Å². The van der Waals surface area contributed by atoms with Crippen LogP contribution in [0.3, 0.4) is 0 Å². The number of nitrogens with one attached hydrogen (secondary N) is 1. The Kier molecular flexibility index (Phi) is 10.7. The predicted molar refractivity (Wildman–Crippen MR) is 137 cm³/mol. The van der Waals surface area contributed by atoms with Crippen LogP contribution in [0.15, 0.2) is 51.3 Å². The average molecular weight is 549 g/mol. The van der Waals surface area contributed by atoms with Crippen LogP contribution in [0, 0.1) is 0 Å². The molecule has 1 aromatic carbocycles. The third-order valence-corrected chi connectivity index (χ3v) is 5.72. The smallest absolute Gasteiger partial charge is 0.345 e. The van der Waals surface area contributed by atoms with Crippen LogP contribution in [-0.2, 0) is 28.6 Å². The number of hydrogen-bond acceptors (Lipinski definition) is 8. The molecule has 1 aliphatic heterocycles. The van der Waals surface area contributed by atoms with E-state index in [1.54, 1.807) is 33.8 Å². The minimum absolute atomic E-state index is 0.178. The summed E-state index contributed by atoms with van der Waals surface area (Å²) in [6.45, 7) is 7.98. The van der Waals surface area contributed by atoms with E-state index in [9.17, 15) is 14.4 Å². The van der Waals surface area contributed by atoms with E-state index in [2.05, 4.69) is 21.2 Å². The molecule has 1 atom stereocenters. The maximum Gasteiger partial charge on any atom is 0.345 e. The van der Waals surface area contributed by atoms with Crippen LogP contribution in [0.1, 0.15) is 44.7 Å². The molecule has 0 aromatic heterocycles. The monoisotopic (exact) mass is 548 g/mol. The first-order valence-electron chi connectivity index (χ1n) is 11.5. The van der Waals surface area contributed by atoms with Crippen LogP contribution < -0.4 is 5.32 Å². The molecule has 8 nitrogen and oxygen atoms in total. The van der Waals surface area contributed by atoms with E-state index >= 15 is 0 Å². The molecule has 1 aromatic rings. The summed E-state index contributed by atoms with van der Waals surface area (Å²) in [5.41, 5.74) is 3.14. The summed E-state index contributed by atoms with van der Waals surface area (Å²) in [6.07, 6.45) is 1.63. The van der Waals surface area contributed by atoms with Gasteiger partial charge in [-0.25, -0.2) is 14.4 Å². The molecule has 1 heterocycles. The lowest BCUT2D eigenvalue weighted by molar-refractivity contribution is -0.140. The summed E-state index contributed by atoms with van der Waals surface area (Å²) in [4.78, 5) is 40.7. The normalized spacial score (nSPS) is 16.2. The van der Waals surface area contributed by atoms with Crippen LogP contribution in [0.2, 0.25) is 0 Å². The van der Waals surface area contributed by atoms with Gasteiger partial charge in [0.15, 0.2) is 0 Å². The molecule has 0 amide bonds. The Morgan fingerprint density at radius 1 is 0.971 bits per heavy atom. The molecule has 1 N–H and O–H groups in total. The van der Waals surface area contributed by atoms with Crippen LogP contribution in [0.25, 0.3) is 6.08 Å². The minimum atomic E-state index is -0.778. The van der Waals surface area contributed by atoms with Crippen molar-refractivity contribution in [3.63, 3.8) is 0 Å². The standard InChI is InChI=1S/C26H33BrN2O6/c1-7-33-24(30)19(27)14-17-12-10-11-13-18(17)22-21(25(31)34-8-2)16(4)28-20(15-29(5)6)23(22)26(32)35-9-3/h10-14,22,28H,7-9,15H2,1-6H3/b19-14-. The van der Waals surface area contributed by atoms with Crippen molar-refractivity contribution in [2.24, 2.45) is 0 Å². The maximum atomic E-state index is 13.3. The van der Waals surface area contributed by atoms with E-state index in [1.807, 2.05) is 43.3 Å². The number of ether oxygens (including phenoxy) is 3. The van der Waals surface area contributed by atoms with Gasteiger partial charge in [-0.15, -0.1) is 0 Å². The van der Waals surface area contributed by atoms with Crippen molar-refractivity contribution in [1.29, 1.82) is 0 Å².